The van der Waals surface area contributed by atoms with Gasteiger partial charge in [0, 0.05) is 31.7 Å². The number of hydrogen-bond acceptors (Lipinski definition) is 5. The highest BCUT2D eigenvalue weighted by molar-refractivity contribution is 5.70. The van der Waals surface area contributed by atoms with Crippen molar-refractivity contribution >= 4 is 11.9 Å². The normalized spacial score (nSPS) is 12.7. The van der Waals surface area contributed by atoms with E-state index < -0.39 is 12.1 Å². The van der Waals surface area contributed by atoms with Crippen molar-refractivity contribution in [1.29, 1.82) is 0 Å². The number of likely N-dealkylation sites (N-methyl/N-ethyl adjacent to an activating group) is 1. The number of ether oxygens (including phenoxy) is 1. The minimum atomic E-state index is -1.18. The summed E-state index contributed by atoms with van der Waals surface area (Å²) in [4.78, 5) is 23.0. The quantitative estimate of drug-likeness (QED) is 0.179. The molecule has 0 spiro atoms. The third-order valence-electron chi connectivity index (χ3n) is 6.10. The van der Waals surface area contributed by atoms with Gasteiger partial charge in [0.15, 0.2) is 6.10 Å². The fraction of sp³-hybridized carbons (Fsp3) is 0.778. The lowest BCUT2D eigenvalue weighted by Crippen LogP contribution is -2.45. The van der Waals surface area contributed by atoms with Crippen LogP contribution >= 0.6 is 0 Å². The van der Waals surface area contributed by atoms with Gasteiger partial charge in [-0.2, -0.15) is 0 Å². The number of rotatable bonds is 18. The molecule has 0 radical (unpaired) electrons. The number of nitrogens with zero attached hydrogens (tertiary/aromatic N) is 1. The first-order valence-corrected chi connectivity index (χ1v) is 12.8. The number of furan rings is 1. The standard InChI is InChI=1S/C27H47NO5/c1-7-16-24-21(2)22(3)25(33-24)17-14-12-10-8-9-11-13-15-18-27(31)32-23(19-26(29)30)20-28(4,5)6/h23H,7-20H2,1-6H3. The van der Waals surface area contributed by atoms with Crippen LogP contribution in [-0.4, -0.2) is 50.2 Å². The number of unbranched alkanes of at least 4 members (excludes halogenated alkanes) is 7. The minimum Gasteiger partial charge on any atom is -0.550 e. The Hall–Kier alpha value is -1.82. The maximum Gasteiger partial charge on any atom is 0.306 e. The summed E-state index contributed by atoms with van der Waals surface area (Å²) in [6.45, 7) is 6.99. The molecule has 1 heterocycles. The fourth-order valence-corrected chi connectivity index (χ4v) is 4.22. The molecule has 0 bridgehead atoms. The molecule has 1 atom stereocenters. The van der Waals surface area contributed by atoms with Gasteiger partial charge >= 0.3 is 5.97 Å². The van der Waals surface area contributed by atoms with Crippen molar-refractivity contribution in [3.63, 3.8) is 0 Å². The van der Waals surface area contributed by atoms with Gasteiger partial charge < -0.3 is 23.5 Å². The molecule has 33 heavy (non-hydrogen) atoms. The highest BCUT2D eigenvalue weighted by atomic mass is 16.5. The molecule has 0 aromatic carbocycles. The van der Waals surface area contributed by atoms with Crippen molar-refractivity contribution in [1.82, 2.24) is 0 Å². The zero-order valence-electron chi connectivity index (χ0n) is 22.0. The summed E-state index contributed by atoms with van der Waals surface area (Å²) < 4.78 is 12.0. The van der Waals surface area contributed by atoms with E-state index >= 15 is 0 Å². The van der Waals surface area contributed by atoms with Crippen LogP contribution in [0.1, 0.15) is 100 Å². The van der Waals surface area contributed by atoms with Crippen molar-refractivity contribution in [2.75, 3.05) is 27.7 Å². The Morgan fingerprint density at radius 1 is 0.879 bits per heavy atom. The molecule has 6 nitrogen and oxygen atoms in total. The van der Waals surface area contributed by atoms with Crippen LogP contribution < -0.4 is 5.11 Å². The van der Waals surface area contributed by atoms with Crippen molar-refractivity contribution in [3.8, 4) is 0 Å². The molecule has 0 aliphatic rings. The molecule has 1 rings (SSSR count). The van der Waals surface area contributed by atoms with Crippen LogP contribution in [0.2, 0.25) is 0 Å². The number of aryl methyl sites for hydroxylation is 2. The first-order chi connectivity index (χ1) is 15.5. The van der Waals surface area contributed by atoms with Crippen LogP contribution in [-0.2, 0) is 27.2 Å². The number of aliphatic carboxylic acids is 1. The average Bonchev–Trinajstić information content (AvgIpc) is 2.96. The Kier molecular flexibility index (Phi) is 13.4. The van der Waals surface area contributed by atoms with E-state index in [1.165, 1.54) is 49.0 Å². The van der Waals surface area contributed by atoms with Gasteiger partial charge in [-0.15, -0.1) is 0 Å². The zero-order chi connectivity index (χ0) is 24.9. The lowest BCUT2D eigenvalue weighted by atomic mass is 10.0. The second-order valence-corrected chi connectivity index (χ2v) is 10.4. The largest absolute Gasteiger partial charge is 0.550 e. The molecule has 1 aromatic heterocycles. The number of carboxylic acid groups (broad SMARTS) is 1. The summed E-state index contributed by atoms with van der Waals surface area (Å²) >= 11 is 0. The van der Waals surface area contributed by atoms with E-state index in [-0.39, 0.29) is 12.4 Å². The van der Waals surface area contributed by atoms with E-state index in [1.54, 1.807) is 0 Å². The summed E-state index contributed by atoms with van der Waals surface area (Å²) in [7, 11) is 5.83. The van der Waals surface area contributed by atoms with Crippen LogP contribution in [0.3, 0.4) is 0 Å². The molecular weight excluding hydrogens is 418 g/mol. The first kappa shape index (κ1) is 29.2. The maximum atomic E-state index is 12.1. The summed E-state index contributed by atoms with van der Waals surface area (Å²) in [6.07, 6.45) is 11.6. The van der Waals surface area contributed by atoms with Gasteiger partial charge in [0.2, 0.25) is 0 Å². The van der Waals surface area contributed by atoms with Crippen LogP contribution in [0, 0.1) is 13.8 Å². The number of hydrogen-bond donors (Lipinski definition) is 0. The van der Waals surface area contributed by atoms with Crippen molar-refractivity contribution in [3.05, 3.63) is 22.6 Å². The van der Waals surface area contributed by atoms with Gasteiger partial charge in [0.25, 0.3) is 0 Å². The molecule has 1 unspecified atom stereocenters. The van der Waals surface area contributed by atoms with Gasteiger partial charge in [0.05, 0.1) is 21.1 Å². The van der Waals surface area contributed by atoms with Crippen LogP contribution in [0.5, 0.6) is 0 Å². The molecule has 0 saturated carbocycles. The van der Waals surface area contributed by atoms with Gasteiger partial charge in [-0.3, -0.25) is 4.79 Å². The van der Waals surface area contributed by atoms with E-state index in [0.29, 0.717) is 17.4 Å². The summed E-state index contributed by atoms with van der Waals surface area (Å²) in [5.74, 6) is 0.847. The van der Waals surface area contributed by atoms with E-state index in [4.69, 9.17) is 9.15 Å². The first-order valence-electron chi connectivity index (χ1n) is 12.8. The topological polar surface area (TPSA) is 79.6 Å². The average molecular weight is 466 g/mol. The summed E-state index contributed by atoms with van der Waals surface area (Å²) in [6, 6.07) is 0. The second-order valence-electron chi connectivity index (χ2n) is 10.4. The predicted molar refractivity (Wildman–Crippen MR) is 130 cm³/mol. The molecule has 0 amide bonds. The van der Waals surface area contributed by atoms with E-state index in [2.05, 4.69) is 20.8 Å². The number of carbonyl (C=O) groups is 2. The molecule has 0 fully saturated rings. The Morgan fingerprint density at radius 2 is 1.39 bits per heavy atom. The Balaban J connectivity index is 2.10. The molecule has 0 saturated heterocycles. The fourth-order valence-electron chi connectivity index (χ4n) is 4.22. The van der Waals surface area contributed by atoms with Crippen molar-refractivity contribution < 1.29 is 28.3 Å². The molecule has 1 aromatic rings. The highest BCUT2D eigenvalue weighted by Crippen LogP contribution is 2.24. The molecule has 0 N–H and O–H groups in total. The third-order valence-corrected chi connectivity index (χ3v) is 6.10. The van der Waals surface area contributed by atoms with Gasteiger partial charge in [0.1, 0.15) is 18.1 Å². The SMILES string of the molecule is CCCc1oc(CCCCCCCCCCC(=O)OC(CC(=O)[O-])C[N+](C)(C)C)c(C)c1C. The van der Waals surface area contributed by atoms with Gasteiger partial charge in [-0.25, -0.2) is 0 Å². The van der Waals surface area contributed by atoms with E-state index in [1.807, 2.05) is 21.1 Å². The Bertz CT molecular complexity index is 717. The zero-order valence-corrected chi connectivity index (χ0v) is 22.0. The van der Waals surface area contributed by atoms with Crippen LogP contribution in [0.4, 0.5) is 0 Å². The lowest BCUT2D eigenvalue weighted by Gasteiger charge is -2.29. The molecule has 190 valence electrons. The second kappa shape index (κ2) is 15.2. The predicted octanol–water partition coefficient (Wildman–Crippen LogP) is 4.66. The van der Waals surface area contributed by atoms with E-state index in [9.17, 15) is 14.7 Å². The molecule has 0 aliphatic heterocycles. The summed E-state index contributed by atoms with van der Waals surface area (Å²) in [5, 5.41) is 10.9. The van der Waals surface area contributed by atoms with Gasteiger partial charge in [-0.05, 0) is 44.2 Å². The van der Waals surface area contributed by atoms with Crippen LogP contribution in [0.15, 0.2) is 4.42 Å². The molecule has 6 heteroatoms. The Morgan fingerprint density at radius 3 is 1.91 bits per heavy atom. The lowest BCUT2D eigenvalue weighted by molar-refractivity contribution is -0.873. The monoisotopic (exact) mass is 465 g/mol. The highest BCUT2D eigenvalue weighted by Gasteiger charge is 2.22. The minimum absolute atomic E-state index is 0.250. The molecule has 0 aliphatic carbocycles. The van der Waals surface area contributed by atoms with E-state index in [0.717, 1.165) is 44.3 Å². The third kappa shape index (κ3) is 12.9. The molecular formula is C27H47NO5. The number of quaternary nitrogens is 1. The van der Waals surface area contributed by atoms with Crippen LogP contribution in [0.25, 0.3) is 0 Å². The number of esters is 1. The Labute approximate surface area is 201 Å². The number of carboxylic acids is 1. The number of carbonyl (C=O) groups excluding carboxylic acids is 2. The summed E-state index contributed by atoms with van der Waals surface area (Å²) in [5.41, 5.74) is 2.67. The van der Waals surface area contributed by atoms with Crippen molar-refractivity contribution in [2.45, 2.75) is 110 Å². The van der Waals surface area contributed by atoms with Gasteiger partial charge in [-0.1, -0.05) is 45.4 Å². The maximum absolute atomic E-state index is 12.1. The smallest absolute Gasteiger partial charge is 0.306 e. The van der Waals surface area contributed by atoms with Crippen molar-refractivity contribution in [2.24, 2.45) is 0 Å².